The van der Waals surface area contributed by atoms with Gasteiger partial charge in [0.15, 0.2) is 10.7 Å². The van der Waals surface area contributed by atoms with E-state index in [1.54, 1.807) is 19.1 Å². The Bertz CT molecular complexity index is 1210. The molecule has 0 spiro atoms. The van der Waals surface area contributed by atoms with Crippen LogP contribution in [-0.4, -0.2) is 67.3 Å². The smallest absolute Gasteiger partial charge is 0.248 e. The van der Waals surface area contributed by atoms with Gasteiger partial charge in [-0.25, -0.2) is 8.42 Å². The molecule has 0 aliphatic carbocycles. The highest BCUT2D eigenvalue weighted by atomic mass is 32.2. The lowest BCUT2D eigenvalue weighted by atomic mass is 9.97. The molecule has 2 amide bonds. The van der Waals surface area contributed by atoms with Gasteiger partial charge < -0.3 is 14.7 Å². The van der Waals surface area contributed by atoms with Crippen molar-refractivity contribution in [3.63, 3.8) is 0 Å². The molecule has 2 aliphatic rings. The van der Waals surface area contributed by atoms with E-state index in [4.69, 9.17) is 4.52 Å². The second-order valence-electron chi connectivity index (χ2n) is 9.51. The van der Waals surface area contributed by atoms with Crippen molar-refractivity contribution in [3.8, 4) is 0 Å². The number of aromatic nitrogens is 1. The number of hydrogen-bond acceptors (Lipinski definition) is 6. The zero-order chi connectivity index (χ0) is 25.7. The molecule has 36 heavy (non-hydrogen) atoms. The monoisotopic (exact) mass is 514 g/mol. The number of aryl methyl sites for hydroxylation is 2. The Labute approximate surface area is 212 Å². The quantitative estimate of drug-likeness (QED) is 0.515. The first-order valence-corrected chi connectivity index (χ1v) is 14.0. The first kappa shape index (κ1) is 26.1. The van der Waals surface area contributed by atoms with Crippen molar-refractivity contribution in [3.05, 3.63) is 46.8 Å². The van der Waals surface area contributed by atoms with Gasteiger partial charge in [-0.15, -0.1) is 0 Å². The van der Waals surface area contributed by atoms with Crippen LogP contribution in [0.15, 0.2) is 33.7 Å². The van der Waals surface area contributed by atoms with Crippen LogP contribution in [0, 0.1) is 19.8 Å². The van der Waals surface area contributed by atoms with Gasteiger partial charge in [-0.2, -0.15) is 4.31 Å². The minimum Gasteiger partial charge on any atom is -0.356 e. The molecule has 1 aromatic carbocycles. The molecule has 9 nitrogen and oxygen atoms in total. The van der Waals surface area contributed by atoms with Crippen LogP contribution in [0.5, 0.6) is 0 Å². The third-order valence-electron chi connectivity index (χ3n) is 6.84. The van der Waals surface area contributed by atoms with Crippen molar-refractivity contribution < 1.29 is 22.5 Å². The number of likely N-dealkylation sites (tertiary alicyclic amines) is 1. The van der Waals surface area contributed by atoms with Crippen molar-refractivity contribution in [1.82, 2.24) is 19.7 Å². The molecule has 2 fully saturated rings. The Hall–Kier alpha value is -2.98. The van der Waals surface area contributed by atoms with E-state index >= 15 is 0 Å². The molecule has 2 saturated heterocycles. The summed E-state index contributed by atoms with van der Waals surface area (Å²) < 4.78 is 33.6. The van der Waals surface area contributed by atoms with E-state index in [2.05, 4.69) is 10.5 Å². The van der Waals surface area contributed by atoms with Crippen LogP contribution < -0.4 is 5.32 Å². The predicted octanol–water partition coefficient (Wildman–Crippen LogP) is 2.99. The number of carbonyl (C=O) groups excluding carboxylic acids is 2. The highest BCUT2D eigenvalue weighted by molar-refractivity contribution is 7.89. The SMILES string of the molecule is Cc1ccc(/C=C/c2onc(C)c2S(=O)(=O)N2CCC(C(=O)NCCCN3CCCC3=O)CC2)cc1. The van der Waals surface area contributed by atoms with Crippen molar-refractivity contribution in [2.45, 2.75) is 50.8 Å². The number of piperidine rings is 1. The van der Waals surface area contributed by atoms with Crippen LogP contribution >= 0.6 is 0 Å². The Balaban J connectivity index is 1.31. The van der Waals surface area contributed by atoms with E-state index in [0.29, 0.717) is 38.0 Å². The summed E-state index contributed by atoms with van der Waals surface area (Å²) in [7, 11) is -3.82. The number of nitrogens with zero attached hydrogens (tertiary/aromatic N) is 3. The lowest BCUT2D eigenvalue weighted by Gasteiger charge is -2.30. The van der Waals surface area contributed by atoms with E-state index in [1.165, 1.54) is 4.31 Å². The highest BCUT2D eigenvalue weighted by Crippen LogP contribution is 2.29. The topological polar surface area (TPSA) is 113 Å². The van der Waals surface area contributed by atoms with Crippen LogP contribution in [-0.2, 0) is 19.6 Å². The Morgan fingerprint density at radius 1 is 1.14 bits per heavy atom. The van der Waals surface area contributed by atoms with Crippen LogP contribution in [0.1, 0.15) is 54.7 Å². The van der Waals surface area contributed by atoms with Gasteiger partial charge in [0, 0.05) is 45.1 Å². The molecule has 3 heterocycles. The molecule has 0 atom stereocenters. The van der Waals surface area contributed by atoms with Gasteiger partial charge in [0.2, 0.25) is 21.8 Å². The van der Waals surface area contributed by atoms with E-state index in [9.17, 15) is 18.0 Å². The summed E-state index contributed by atoms with van der Waals surface area (Å²) in [4.78, 5) is 26.2. The summed E-state index contributed by atoms with van der Waals surface area (Å²) in [5.74, 6) is 0.105. The molecule has 10 heteroatoms. The molecule has 2 aliphatic heterocycles. The van der Waals surface area contributed by atoms with E-state index in [-0.39, 0.29) is 41.5 Å². The maximum atomic E-state index is 13.4. The molecule has 0 bridgehead atoms. The zero-order valence-corrected chi connectivity index (χ0v) is 21.7. The lowest BCUT2D eigenvalue weighted by Crippen LogP contribution is -2.43. The molecule has 1 aromatic heterocycles. The van der Waals surface area contributed by atoms with Gasteiger partial charge in [0.05, 0.1) is 0 Å². The van der Waals surface area contributed by atoms with E-state index in [0.717, 1.165) is 30.5 Å². The van der Waals surface area contributed by atoms with Crippen molar-refractivity contribution in [2.24, 2.45) is 5.92 Å². The number of amides is 2. The van der Waals surface area contributed by atoms with Crippen molar-refractivity contribution >= 4 is 34.0 Å². The molecule has 2 aromatic rings. The van der Waals surface area contributed by atoms with Crippen LogP contribution in [0.25, 0.3) is 12.2 Å². The third-order valence-corrected chi connectivity index (χ3v) is 8.89. The average molecular weight is 515 g/mol. The predicted molar refractivity (Wildman–Crippen MR) is 136 cm³/mol. The minimum absolute atomic E-state index is 0.0531. The first-order chi connectivity index (χ1) is 17.3. The van der Waals surface area contributed by atoms with Gasteiger partial charge >= 0.3 is 0 Å². The third kappa shape index (κ3) is 6.04. The molecule has 4 rings (SSSR count). The first-order valence-electron chi connectivity index (χ1n) is 12.5. The van der Waals surface area contributed by atoms with Crippen LogP contribution in [0.4, 0.5) is 0 Å². The summed E-state index contributed by atoms with van der Waals surface area (Å²) >= 11 is 0. The maximum absolute atomic E-state index is 13.4. The number of benzene rings is 1. The molecule has 0 saturated carbocycles. The van der Waals surface area contributed by atoms with Gasteiger partial charge in [0.1, 0.15) is 5.69 Å². The Morgan fingerprint density at radius 2 is 1.86 bits per heavy atom. The molecule has 0 radical (unpaired) electrons. The Kier molecular flexibility index (Phi) is 8.25. The van der Waals surface area contributed by atoms with E-state index in [1.807, 2.05) is 36.1 Å². The Morgan fingerprint density at radius 3 is 2.53 bits per heavy atom. The highest BCUT2D eigenvalue weighted by Gasteiger charge is 2.35. The normalized spacial score (nSPS) is 17.8. The number of rotatable bonds is 9. The number of hydrogen-bond donors (Lipinski definition) is 1. The second kappa shape index (κ2) is 11.4. The van der Waals surface area contributed by atoms with Crippen molar-refractivity contribution in [2.75, 3.05) is 32.7 Å². The minimum atomic E-state index is -3.82. The summed E-state index contributed by atoms with van der Waals surface area (Å²) in [5.41, 5.74) is 2.38. The molecule has 194 valence electrons. The molecular formula is C26H34N4O5S. The average Bonchev–Trinajstić information content (AvgIpc) is 3.46. The van der Waals surface area contributed by atoms with Gasteiger partial charge in [-0.3, -0.25) is 9.59 Å². The van der Waals surface area contributed by atoms with Crippen LogP contribution in [0.2, 0.25) is 0 Å². The zero-order valence-electron chi connectivity index (χ0n) is 20.9. The van der Waals surface area contributed by atoms with E-state index < -0.39 is 10.0 Å². The largest absolute Gasteiger partial charge is 0.356 e. The van der Waals surface area contributed by atoms with Gasteiger partial charge in [0.25, 0.3) is 0 Å². The fourth-order valence-corrected chi connectivity index (χ4v) is 6.42. The fourth-order valence-electron chi connectivity index (χ4n) is 4.70. The molecular weight excluding hydrogens is 480 g/mol. The fraction of sp³-hybridized carbons (Fsp3) is 0.500. The summed E-state index contributed by atoms with van der Waals surface area (Å²) in [5, 5.41) is 6.85. The number of nitrogens with one attached hydrogen (secondary N) is 1. The summed E-state index contributed by atoms with van der Waals surface area (Å²) in [6.45, 7) is 6.11. The van der Waals surface area contributed by atoms with Gasteiger partial charge in [-0.1, -0.05) is 41.1 Å². The van der Waals surface area contributed by atoms with Crippen molar-refractivity contribution in [1.29, 1.82) is 0 Å². The maximum Gasteiger partial charge on any atom is 0.248 e. The molecule has 0 unspecified atom stereocenters. The lowest BCUT2D eigenvalue weighted by molar-refractivity contribution is -0.127. The summed E-state index contributed by atoms with van der Waals surface area (Å²) in [6.07, 6.45) is 6.58. The number of sulfonamides is 1. The van der Waals surface area contributed by atoms with Gasteiger partial charge in [-0.05, 0) is 51.2 Å². The van der Waals surface area contributed by atoms with Crippen LogP contribution in [0.3, 0.4) is 0 Å². The molecule has 1 N–H and O–H groups in total. The number of carbonyl (C=O) groups is 2. The second-order valence-corrected chi connectivity index (χ2v) is 11.4. The standard InChI is InChI=1S/C26H34N4O5S/c1-19-6-8-21(9-7-19)10-11-23-25(20(2)28-35-23)36(33,34)30-17-12-22(13-18-30)26(32)27-14-4-16-29-15-3-5-24(29)31/h6-11,22H,3-5,12-18H2,1-2H3,(H,27,32)/b11-10+. The summed E-state index contributed by atoms with van der Waals surface area (Å²) in [6, 6.07) is 7.87.